The maximum absolute atomic E-state index is 10.9. The first-order valence-corrected chi connectivity index (χ1v) is 6.97. The van der Waals surface area contributed by atoms with Gasteiger partial charge in [0.2, 0.25) is 5.91 Å². The van der Waals surface area contributed by atoms with Crippen molar-refractivity contribution < 1.29 is 9.53 Å². The fourth-order valence-electron chi connectivity index (χ4n) is 2.32. The molecule has 1 aliphatic rings. The standard InChI is InChI=1S/C15H22N2O2/c16-15(18)13-6-4-12(5-7-13)11-17-9-8-14-3-1-2-10-19-14/h4-7,14,17H,1-3,8-11H2,(H2,16,18). The number of carbonyl (C=O) groups excluding carboxylic acids is 1. The Morgan fingerprint density at radius 2 is 2.11 bits per heavy atom. The summed E-state index contributed by atoms with van der Waals surface area (Å²) in [7, 11) is 0. The fourth-order valence-corrected chi connectivity index (χ4v) is 2.32. The number of hydrogen-bond donors (Lipinski definition) is 2. The van der Waals surface area contributed by atoms with Gasteiger partial charge in [0, 0.05) is 18.7 Å². The van der Waals surface area contributed by atoms with Crippen molar-refractivity contribution in [2.24, 2.45) is 5.73 Å². The first-order chi connectivity index (χ1) is 9.25. The van der Waals surface area contributed by atoms with Crippen molar-refractivity contribution in [3.8, 4) is 0 Å². The normalized spacial score (nSPS) is 19.3. The number of ether oxygens (including phenoxy) is 1. The van der Waals surface area contributed by atoms with Crippen LogP contribution in [0, 0.1) is 0 Å². The van der Waals surface area contributed by atoms with Gasteiger partial charge < -0.3 is 15.8 Å². The molecule has 0 bridgehead atoms. The van der Waals surface area contributed by atoms with Crippen LogP contribution in [0.1, 0.15) is 41.6 Å². The average Bonchev–Trinajstić information content (AvgIpc) is 2.45. The Balaban J connectivity index is 1.66. The van der Waals surface area contributed by atoms with E-state index in [4.69, 9.17) is 10.5 Å². The number of primary amides is 1. The Morgan fingerprint density at radius 3 is 2.74 bits per heavy atom. The van der Waals surface area contributed by atoms with Crippen molar-refractivity contribution in [2.45, 2.75) is 38.3 Å². The van der Waals surface area contributed by atoms with Crippen molar-refractivity contribution in [1.82, 2.24) is 5.32 Å². The lowest BCUT2D eigenvalue weighted by atomic mass is 10.1. The zero-order valence-corrected chi connectivity index (χ0v) is 11.2. The van der Waals surface area contributed by atoms with Gasteiger partial charge in [-0.05, 0) is 49.9 Å². The van der Waals surface area contributed by atoms with Gasteiger partial charge in [-0.25, -0.2) is 0 Å². The Morgan fingerprint density at radius 1 is 1.32 bits per heavy atom. The molecule has 3 N–H and O–H groups in total. The second-order valence-electron chi connectivity index (χ2n) is 5.02. The summed E-state index contributed by atoms with van der Waals surface area (Å²) in [5.74, 6) is -0.381. The van der Waals surface area contributed by atoms with E-state index in [0.29, 0.717) is 11.7 Å². The molecule has 4 heteroatoms. The third kappa shape index (κ3) is 4.65. The number of benzene rings is 1. The Kier molecular flexibility index (Phi) is 5.36. The molecule has 2 rings (SSSR count). The number of nitrogens with two attached hydrogens (primary N) is 1. The lowest BCUT2D eigenvalue weighted by Gasteiger charge is -2.22. The SMILES string of the molecule is NC(=O)c1ccc(CNCCC2CCCCO2)cc1. The number of amides is 1. The maximum atomic E-state index is 10.9. The second-order valence-corrected chi connectivity index (χ2v) is 5.02. The van der Waals surface area contributed by atoms with Crippen LogP contribution < -0.4 is 11.1 Å². The quantitative estimate of drug-likeness (QED) is 0.769. The van der Waals surface area contributed by atoms with Crippen LogP contribution in [0.25, 0.3) is 0 Å². The highest BCUT2D eigenvalue weighted by Gasteiger charge is 2.12. The predicted molar refractivity (Wildman–Crippen MR) is 74.9 cm³/mol. The van der Waals surface area contributed by atoms with Gasteiger partial charge in [-0.1, -0.05) is 12.1 Å². The van der Waals surface area contributed by atoms with Gasteiger partial charge in [-0.15, -0.1) is 0 Å². The third-order valence-electron chi connectivity index (χ3n) is 3.48. The van der Waals surface area contributed by atoms with E-state index in [1.165, 1.54) is 19.3 Å². The highest BCUT2D eigenvalue weighted by molar-refractivity contribution is 5.92. The molecule has 0 radical (unpaired) electrons. The molecule has 1 heterocycles. The minimum atomic E-state index is -0.381. The van der Waals surface area contributed by atoms with Crippen LogP contribution >= 0.6 is 0 Å². The molecule has 1 atom stereocenters. The average molecular weight is 262 g/mol. The van der Waals surface area contributed by atoms with Gasteiger partial charge in [0.05, 0.1) is 6.10 Å². The molecule has 0 aromatic heterocycles. The van der Waals surface area contributed by atoms with E-state index in [1.54, 1.807) is 12.1 Å². The molecule has 1 saturated heterocycles. The van der Waals surface area contributed by atoms with Crippen LogP contribution in [-0.2, 0) is 11.3 Å². The van der Waals surface area contributed by atoms with E-state index >= 15 is 0 Å². The highest BCUT2D eigenvalue weighted by Crippen LogP contribution is 2.14. The summed E-state index contributed by atoms with van der Waals surface area (Å²) in [6.45, 7) is 2.69. The van der Waals surface area contributed by atoms with E-state index in [9.17, 15) is 4.79 Å². The van der Waals surface area contributed by atoms with E-state index in [-0.39, 0.29) is 5.91 Å². The Bertz CT molecular complexity index is 397. The van der Waals surface area contributed by atoms with E-state index in [0.717, 1.165) is 31.7 Å². The summed E-state index contributed by atoms with van der Waals surface area (Å²) in [5, 5.41) is 3.40. The molecule has 0 aliphatic carbocycles. The van der Waals surface area contributed by atoms with Crippen molar-refractivity contribution in [1.29, 1.82) is 0 Å². The first-order valence-electron chi connectivity index (χ1n) is 6.97. The van der Waals surface area contributed by atoms with Crippen molar-refractivity contribution in [3.63, 3.8) is 0 Å². The first kappa shape index (κ1) is 14.0. The van der Waals surface area contributed by atoms with Gasteiger partial charge in [0.15, 0.2) is 0 Å². The molecule has 0 spiro atoms. The lowest BCUT2D eigenvalue weighted by Crippen LogP contribution is -2.25. The summed E-state index contributed by atoms with van der Waals surface area (Å²) < 4.78 is 5.68. The van der Waals surface area contributed by atoms with E-state index in [1.807, 2.05) is 12.1 Å². The van der Waals surface area contributed by atoms with Crippen LogP contribution in [0.3, 0.4) is 0 Å². The van der Waals surface area contributed by atoms with Gasteiger partial charge in [0.25, 0.3) is 0 Å². The molecule has 1 aromatic carbocycles. The third-order valence-corrected chi connectivity index (χ3v) is 3.48. The topological polar surface area (TPSA) is 64.4 Å². The minimum absolute atomic E-state index is 0.381. The van der Waals surface area contributed by atoms with Crippen LogP contribution in [-0.4, -0.2) is 25.2 Å². The summed E-state index contributed by atoms with van der Waals surface area (Å²) >= 11 is 0. The zero-order valence-electron chi connectivity index (χ0n) is 11.2. The highest BCUT2D eigenvalue weighted by atomic mass is 16.5. The molecule has 104 valence electrons. The summed E-state index contributed by atoms with van der Waals surface area (Å²) in [6.07, 6.45) is 5.18. The smallest absolute Gasteiger partial charge is 0.248 e. The molecule has 1 aliphatic heterocycles. The summed E-state index contributed by atoms with van der Waals surface area (Å²) in [4.78, 5) is 10.9. The van der Waals surface area contributed by atoms with Gasteiger partial charge >= 0.3 is 0 Å². The molecule has 1 unspecified atom stereocenters. The van der Waals surface area contributed by atoms with E-state index in [2.05, 4.69) is 5.32 Å². The molecule has 19 heavy (non-hydrogen) atoms. The number of rotatable bonds is 6. The minimum Gasteiger partial charge on any atom is -0.378 e. The van der Waals surface area contributed by atoms with Gasteiger partial charge in [-0.3, -0.25) is 4.79 Å². The number of nitrogens with one attached hydrogen (secondary N) is 1. The Hall–Kier alpha value is -1.39. The maximum Gasteiger partial charge on any atom is 0.248 e. The fraction of sp³-hybridized carbons (Fsp3) is 0.533. The van der Waals surface area contributed by atoms with Crippen LogP contribution in [0.4, 0.5) is 0 Å². The zero-order chi connectivity index (χ0) is 13.5. The van der Waals surface area contributed by atoms with Crippen molar-refractivity contribution >= 4 is 5.91 Å². The number of hydrogen-bond acceptors (Lipinski definition) is 3. The van der Waals surface area contributed by atoms with Gasteiger partial charge in [-0.2, -0.15) is 0 Å². The molecular weight excluding hydrogens is 240 g/mol. The molecule has 0 saturated carbocycles. The monoisotopic (exact) mass is 262 g/mol. The van der Waals surface area contributed by atoms with Crippen molar-refractivity contribution in [2.75, 3.05) is 13.2 Å². The molecule has 1 fully saturated rings. The largest absolute Gasteiger partial charge is 0.378 e. The Labute approximate surface area is 114 Å². The van der Waals surface area contributed by atoms with Crippen LogP contribution in [0.5, 0.6) is 0 Å². The van der Waals surface area contributed by atoms with Crippen LogP contribution in [0.2, 0.25) is 0 Å². The van der Waals surface area contributed by atoms with Crippen LogP contribution in [0.15, 0.2) is 24.3 Å². The molecule has 1 aromatic rings. The predicted octanol–water partition coefficient (Wildman–Crippen LogP) is 1.83. The van der Waals surface area contributed by atoms with E-state index < -0.39 is 0 Å². The van der Waals surface area contributed by atoms with Gasteiger partial charge in [0.1, 0.15) is 0 Å². The van der Waals surface area contributed by atoms with Crippen molar-refractivity contribution in [3.05, 3.63) is 35.4 Å². The molecule has 4 nitrogen and oxygen atoms in total. The molecular formula is C15H22N2O2. The summed E-state index contributed by atoms with van der Waals surface area (Å²) in [6, 6.07) is 7.40. The number of carbonyl (C=O) groups is 1. The molecule has 1 amide bonds. The second kappa shape index (κ2) is 7.26. The lowest BCUT2D eigenvalue weighted by molar-refractivity contribution is 0.0115. The summed E-state index contributed by atoms with van der Waals surface area (Å²) in [5.41, 5.74) is 6.92.